The fraction of sp³-hybridized carbons (Fsp3) is 0.682. The molecule has 150 valence electrons. The summed E-state index contributed by atoms with van der Waals surface area (Å²) in [4.78, 5) is 16.7. The molecule has 2 heterocycles. The van der Waals surface area contributed by atoms with Gasteiger partial charge in [0.2, 0.25) is 0 Å². The number of benzene rings is 1. The molecule has 2 saturated heterocycles. The maximum atomic E-state index is 11.6. The number of likely N-dealkylation sites (tertiary alicyclic amines) is 2. The molecule has 2 fully saturated rings. The van der Waals surface area contributed by atoms with E-state index in [4.69, 9.17) is 9.47 Å². The fourth-order valence-corrected chi connectivity index (χ4v) is 4.16. The number of esters is 1. The first-order valence-electron chi connectivity index (χ1n) is 10.4. The summed E-state index contributed by atoms with van der Waals surface area (Å²) >= 11 is 0. The van der Waals surface area contributed by atoms with Crippen LogP contribution in [0.4, 0.5) is 0 Å². The highest BCUT2D eigenvalue weighted by molar-refractivity contribution is 5.72. The molecule has 0 saturated carbocycles. The Morgan fingerprint density at radius 1 is 0.963 bits per heavy atom. The zero-order valence-electron chi connectivity index (χ0n) is 16.6. The van der Waals surface area contributed by atoms with E-state index in [0.29, 0.717) is 6.10 Å². The van der Waals surface area contributed by atoms with Gasteiger partial charge in [-0.25, -0.2) is 0 Å². The van der Waals surface area contributed by atoms with Crippen molar-refractivity contribution in [1.82, 2.24) is 9.80 Å². The van der Waals surface area contributed by atoms with Gasteiger partial charge in [-0.3, -0.25) is 4.79 Å². The minimum atomic E-state index is -0.0352. The van der Waals surface area contributed by atoms with E-state index in [1.165, 1.54) is 25.6 Å². The van der Waals surface area contributed by atoms with Gasteiger partial charge < -0.3 is 19.3 Å². The summed E-state index contributed by atoms with van der Waals surface area (Å²) in [7, 11) is 1.49. The highest BCUT2D eigenvalue weighted by Crippen LogP contribution is 2.19. The molecule has 27 heavy (non-hydrogen) atoms. The first kappa shape index (κ1) is 20.3. The average Bonchev–Trinajstić information content (AvgIpc) is 2.74. The molecule has 0 spiro atoms. The number of rotatable bonds is 8. The van der Waals surface area contributed by atoms with Gasteiger partial charge >= 0.3 is 5.97 Å². The standard InChI is InChI=1S/C22H34N2O3/c1-26-22(25)20-8-14-23(15-9-20)12-5-13-24-16-10-21(11-17-24)27-18-19-6-3-2-4-7-19/h2-4,6-7,20-21H,5,8-18H2,1H3. The zero-order valence-corrected chi connectivity index (χ0v) is 16.6. The molecule has 3 rings (SSSR count). The fourth-order valence-electron chi connectivity index (χ4n) is 4.16. The van der Waals surface area contributed by atoms with Crippen molar-refractivity contribution in [3.63, 3.8) is 0 Å². The first-order valence-corrected chi connectivity index (χ1v) is 10.4. The second kappa shape index (κ2) is 10.8. The van der Waals surface area contributed by atoms with Crippen LogP contribution in [0.5, 0.6) is 0 Å². The molecule has 0 aromatic heterocycles. The van der Waals surface area contributed by atoms with Gasteiger partial charge in [-0.2, -0.15) is 0 Å². The van der Waals surface area contributed by atoms with Crippen LogP contribution in [0.25, 0.3) is 0 Å². The van der Waals surface area contributed by atoms with Crippen LogP contribution < -0.4 is 0 Å². The van der Waals surface area contributed by atoms with Crippen molar-refractivity contribution in [2.24, 2.45) is 5.92 Å². The number of carbonyl (C=O) groups excluding carboxylic acids is 1. The molecule has 5 nitrogen and oxygen atoms in total. The molecule has 2 aliphatic rings. The van der Waals surface area contributed by atoms with Gasteiger partial charge in [0.15, 0.2) is 0 Å². The minimum Gasteiger partial charge on any atom is -0.469 e. The predicted octanol–water partition coefficient (Wildman–Crippen LogP) is 2.94. The number of hydrogen-bond donors (Lipinski definition) is 0. The summed E-state index contributed by atoms with van der Waals surface area (Å²) in [6, 6.07) is 10.4. The average molecular weight is 375 g/mol. The largest absolute Gasteiger partial charge is 0.469 e. The Bertz CT molecular complexity index is 550. The van der Waals surface area contributed by atoms with Crippen molar-refractivity contribution < 1.29 is 14.3 Å². The molecule has 0 N–H and O–H groups in total. The third-order valence-corrected chi connectivity index (χ3v) is 5.93. The lowest BCUT2D eigenvalue weighted by molar-refractivity contribution is -0.147. The summed E-state index contributed by atoms with van der Waals surface area (Å²) < 4.78 is 10.9. The van der Waals surface area contributed by atoms with E-state index >= 15 is 0 Å². The molecule has 0 aliphatic carbocycles. The van der Waals surface area contributed by atoms with Crippen LogP contribution in [0.1, 0.15) is 37.7 Å². The molecule has 0 amide bonds. The lowest BCUT2D eigenvalue weighted by Crippen LogP contribution is -2.40. The van der Waals surface area contributed by atoms with Crippen molar-refractivity contribution >= 4 is 5.97 Å². The zero-order chi connectivity index (χ0) is 18.9. The Labute approximate surface area is 163 Å². The second-order valence-electron chi connectivity index (χ2n) is 7.83. The van der Waals surface area contributed by atoms with E-state index in [1.54, 1.807) is 0 Å². The summed E-state index contributed by atoms with van der Waals surface area (Å²) in [5, 5.41) is 0. The second-order valence-corrected chi connectivity index (χ2v) is 7.83. The van der Waals surface area contributed by atoms with E-state index in [0.717, 1.165) is 65.0 Å². The molecular formula is C22H34N2O3. The van der Waals surface area contributed by atoms with E-state index in [-0.39, 0.29) is 11.9 Å². The van der Waals surface area contributed by atoms with E-state index in [1.807, 2.05) is 6.07 Å². The van der Waals surface area contributed by atoms with E-state index < -0.39 is 0 Å². The van der Waals surface area contributed by atoms with Gasteiger partial charge in [0.1, 0.15) is 0 Å². The van der Waals surface area contributed by atoms with Crippen LogP contribution >= 0.6 is 0 Å². The molecule has 1 aromatic carbocycles. The van der Waals surface area contributed by atoms with Crippen molar-refractivity contribution in [1.29, 1.82) is 0 Å². The molecule has 2 aliphatic heterocycles. The number of ether oxygens (including phenoxy) is 2. The minimum absolute atomic E-state index is 0.0352. The lowest BCUT2D eigenvalue weighted by atomic mass is 9.97. The Hall–Kier alpha value is -1.43. The van der Waals surface area contributed by atoms with Gasteiger partial charge in [0.05, 0.1) is 25.7 Å². The molecule has 0 radical (unpaired) electrons. The van der Waals surface area contributed by atoms with Crippen LogP contribution in [-0.4, -0.2) is 68.3 Å². The number of carbonyl (C=O) groups is 1. The predicted molar refractivity (Wildman–Crippen MR) is 106 cm³/mol. The summed E-state index contributed by atoms with van der Waals surface area (Å²) in [6.45, 7) is 7.37. The number of hydrogen-bond acceptors (Lipinski definition) is 5. The summed E-state index contributed by atoms with van der Waals surface area (Å²) in [5.74, 6) is 0.0770. The third kappa shape index (κ3) is 6.59. The molecule has 1 aromatic rings. The maximum absolute atomic E-state index is 11.6. The normalized spacial score (nSPS) is 20.6. The van der Waals surface area contributed by atoms with Crippen LogP contribution in [0.15, 0.2) is 30.3 Å². The van der Waals surface area contributed by atoms with Crippen LogP contribution in [0.3, 0.4) is 0 Å². The van der Waals surface area contributed by atoms with Gasteiger partial charge in [0, 0.05) is 13.1 Å². The molecule has 5 heteroatoms. The molecule has 0 unspecified atom stereocenters. The van der Waals surface area contributed by atoms with Crippen LogP contribution in [0.2, 0.25) is 0 Å². The van der Waals surface area contributed by atoms with Crippen LogP contribution in [-0.2, 0) is 20.9 Å². The first-order chi connectivity index (χ1) is 13.2. The quantitative estimate of drug-likeness (QED) is 0.655. The Morgan fingerprint density at radius 2 is 1.56 bits per heavy atom. The topological polar surface area (TPSA) is 42.0 Å². The van der Waals surface area contributed by atoms with E-state index in [2.05, 4.69) is 34.1 Å². The summed E-state index contributed by atoms with van der Waals surface area (Å²) in [6.07, 6.45) is 5.76. The Balaban J connectivity index is 1.24. The van der Waals surface area contributed by atoms with Crippen molar-refractivity contribution in [2.45, 2.75) is 44.8 Å². The number of nitrogens with zero attached hydrogens (tertiary/aromatic N) is 2. The lowest BCUT2D eigenvalue weighted by Gasteiger charge is -2.34. The van der Waals surface area contributed by atoms with Crippen molar-refractivity contribution in [3.8, 4) is 0 Å². The van der Waals surface area contributed by atoms with Crippen molar-refractivity contribution in [2.75, 3.05) is 46.4 Å². The van der Waals surface area contributed by atoms with Gasteiger partial charge in [-0.1, -0.05) is 30.3 Å². The van der Waals surface area contributed by atoms with Crippen molar-refractivity contribution in [3.05, 3.63) is 35.9 Å². The summed E-state index contributed by atoms with van der Waals surface area (Å²) in [5.41, 5.74) is 1.26. The SMILES string of the molecule is COC(=O)C1CCN(CCCN2CCC(OCc3ccccc3)CC2)CC1. The highest BCUT2D eigenvalue weighted by atomic mass is 16.5. The maximum Gasteiger partial charge on any atom is 0.308 e. The Kier molecular flexibility index (Phi) is 8.11. The van der Waals surface area contributed by atoms with Gasteiger partial charge in [-0.05, 0) is 63.8 Å². The van der Waals surface area contributed by atoms with Gasteiger partial charge in [-0.15, -0.1) is 0 Å². The molecule has 0 atom stereocenters. The Morgan fingerprint density at radius 3 is 2.15 bits per heavy atom. The number of methoxy groups -OCH3 is 1. The monoisotopic (exact) mass is 374 g/mol. The van der Waals surface area contributed by atoms with E-state index in [9.17, 15) is 4.79 Å². The highest BCUT2D eigenvalue weighted by Gasteiger charge is 2.25. The molecule has 0 bridgehead atoms. The number of piperidine rings is 2. The molecular weight excluding hydrogens is 340 g/mol. The van der Waals surface area contributed by atoms with Crippen LogP contribution in [0, 0.1) is 5.92 Å². The smallest absolute Gasteiger partial charge is 0.308 e. The third-order valence-electron chi connectivity index (χ3n) is 5.93. The van der Waals surface area contributed by atoms with Gasteiger partial charge in [0.25, 0.3) is 0 Å².